The van der Waals surface area contributed by atoms with Crippen LogP contribution in [0.25, 0.3) is 0 Å². The molecular weight excluding hydrogens is 239 g/mol. The molecule has 98 valence electrons. The molecule has 0 saturated carbocycles. The molecule has 0 fully saturated rings. The number of nitrogens with zero attached hydrogens (tertiary/aromatic N) is 1. The molecular formula is C12H15FN2O3. The van der Waals surface area contributed by atoms with E-state index in [1.807, 2.05) is 0 Å². The number of aliphatic carboxylic acids is 1. The predicted octanol–water partition coefficient (Wildman–Crippen LogP) is 1.44. The summed E-state index contributed by atoms with van der Waals surface area (Å²) in [5, 5.41) is 11.0. The van der Waals surface area contributed by atoms with Gasteiger partial charge in [0.05, 0.1) is 0 Å². The van der Waals surface area contributed by atoms with Crippen LogP contribution in [0.1, 0.15) is 12.5 Å². The lowest BCUT2D eigenvalue weighted by atomic mass is 10.2. The minimum atomic E-state index is -1.11. The normalized spacial score (nSPS) is 11.7. The van der Waals surface area contributed by atoms with E-state index in [0.717, 1.165) is 0 Å². The van der Waals surface area contributed by atoms with Crippen LogP contribution in [-0.4, -0.2) is 35.1 Å². The lowest BCUT2D eigenvalue weighted by Gasteiger charge is -2.19. The molecule has 1 atom stereocenters. The second-order valence-electron chi connectivity index (χ2n) is 4.00. The summed E-state index contributed by atoms with van der Waals surface area (Å²) in [7, 11) is 1.51. The summed E-state index contributed by atoms with van der Waals surface area (Å²) in [5.41, 5.74) is 0.635. The van der Waals surface area contributed by atoms with Crippen LogP contribution < -0.4 is 5.32 Å². The van der Waals surface area contributed by atoms with Crippen molar-refractivity contribution >= 4 is 12.0 Å². The van der Waals surface area contributed by atoms with Crippen molar-refractivity contribution in [3.8, 4) is 0 Å². The fraction of sp³-hybridized carbons (Fsp3) is 0.333. The maximum Gasteiger partial charge on any atom is 0.325 e. The Labute approximate surface area is 104 Å². The number of carbonyl (C=O) groups is 2. The first kappa shape index (κ1) is 14.0. The average Bonchev–Trinajstić information content (AvgIpc) is 2.28. The number of hydrogen-bond acceptors (Lipinski definition) is 2. The second-order valence-corrected chi connectivity index (χ2v) is 4.00. The van der Waals surface area contributed by atoms with Gasteiger partial charge in [-0.25, -0.2) is 9.18 Å². The van der Waals surface area contributed by atoms with Crippen LogP contribution in [0.4, 0.5) is 9.18 Å². The van der Waals surface area contributed by atoms with Crippen molar-refractivity contribution in [2.75, 3.05) is 7.05 Å². The maximum absolute atomic E-state index is 12.9. The molecule has 0 saturated heterocycles. The summed E-state index contributed by atoms with van der Waals surface area (Å²) >= 11 is 0. The molecule has 2 N–H and O–H groups in total. The fourth-order valence-electron chi connectivity index (χ4n) is 1.34. The van der Waals surface area contributed by atoms with Crippen LogP contribution >= 0.6 is 0 Å². The van der Waals surface area contributed by atoms with Crippen molar-refractivity contribution in [3.63, 3.8) is 0 Å². The van der Waals surface area contributed by atoms with E-state index in [2.05, 4.69) is 5.32 Å². The topological polar surface area (TPSA) is 69.6 Å². The molecule has 0 aliphatic rings. The molecule has 1 rings (SSSR count). The Morgan fingerprint density at radius 1 is 1.50 bits per heavy atom. The Morgan fingerprint density at radius 2 is 2.17 bits per heavy atom. The fourth-order valence-corrected chi connectivity index (χ4v) is 1.34. The van der Waals surface area contributed by atoms with Crippen molar-refractivity contribution in [1.82, 2.24) is 10.2 Å². The van der Waals surface area contributed by atoms with Crippen LogP contribution in [0, 0.1) is 5.82 Å². The number of nitrogens with one attached hydrogen (secondary N) is 1. The molecule has 0 spiro atoms. The average molecular weight is 254 g/mol. The van der Waals surface area contributed by atoms with Gasteiger partial charge in [0, 0.05) is 13.6 Å². The van der Waals surface area contributed by atoms with E-state index in [1.165, 1.54) is 31.0 Å². The highest BCUT2D eigenvalue weighted by Crippen LogP contribution is 2.06. The Morgan fingerprint density at radius 3 is 2.72 bits per heavy atom. The van der Waals surface area contributed by atoms with E-state index in [4.69, 9.17) is 5.11 Å². The Bertz CT molecular complexity index is 451. The summed E-state index contributed by atoms with van der Waals surface area (Å²) in [5.74, 6) is -1.48. The first-order valence-corrected chi connectivity index (χ1v) is 5.39. The van der Waals surface area contributed by atoms with Gasteiger partial charge in [-0.15, -0.1) is 0 Å². The lowest BCUT2D eigenvalue weighted by Crippen LogP contribution is -2.44. The standard InChI is InChI=1S/C12H15FN2O3/c1-8(11(16)17)14-12(18)15(2)7-9-4-3-5-10(13)6-9/h3-6,8H,7H2,1-2H3,(H,14,18)(H,16,17)/t8-/m0/s1. The molecule has 0 heterocycles. The first-order chi connectivity index (χ1) is 8.40. The summed E-state index contributed by atoms with van der Waals surface area (Å²) in [4.78, 5) is 23.5. The van der Waals surface area contributed by atoms with Gasteiger partial charge in [0.1, 0.15) is 11.9 Å². The number of benzene rings is 1. The molecule has 0 bridgehead atoms. The number of carboxylic acids is 1. The van der Waals surface area contributed by atoms with Crippen LogP contribution in [-0.2, 0) is 11.3 Å². The van der Waals surface area contributed by atoms with E-state index in [1.54, 1.807) is 12.1 Å². The molecule has 0 aliphatic heterocycles. The van der Waals surface area contributed by atoms with Gasteiger partial charge < -0.3 is 15.3 Å². The van der Waals surface area contributed by atoms with Crippen LogP contribution in [0.2, 0.25) is 0 Å². The summed E-state index contributed by atoms with van der Waals surface area (Å²) in [6.07, 6.45) is 0. The first-order valence-electron chi connectivity index (χ1n) is 5.39. The molecule has 2 amide bonds. The van der Waals surface area contributed by atoms with E-state index in [0.29, 0.717) is 5.56 Å². The number of carboxylic acid groups (broad SMARTS) is 1. The van der Waals surface area contributed by atoms with Gasteiger partial charge in [-0.1, -0.05) is 12.1 Å². The van der Waals surface area contributed by atoms with Gasteiger partial charge in [-0.2, -0.15) is 0 Å². The third kappa shape index (κ3) is 4.04. The van der Waals surface area contributed by atoms with E-state index in [9.17, 15) is 14.0 Å². The molecule has 6 heteroatoms. The Hall–Kier alpha value is -2.11. The van der Waals surface area contributed by atoms with E-state index in [-0.39, 0.29) is 12.4 Å². The van der Waals surface area contributed by atoms with Gasteiger partial charge >= 0.3 is 12.0 Å². The van der Waals surface area contributed by atoms with Crippen molar-refractivity contribution in [1.29, 1.82) is 0 Å². The molecule has 0 aromatic heterocycles. The van der Waals surface area contributed by atoms with Crippen LogP contribution in [0.15, 0.2) is 24.3 Å². The molecule has 18 heavy (non-hydrogen) atoms. The highest BCUT2D eigenvalue weighted by atomic mass is 19.1. The number of amides is 2. The third-order valence-electron chi connectivity index (χ3n) is 2.37. The van der Waals surface area contributed by atoms with Crippen molar-refractivity contribution in [2.24, 2.45) is 0 Å². The van der Waals surface area contributed by atoms with Gasteiger partial charge in [-0.05, 0) is 24.6 Å². The summed E-state index contributed by atoms with van der Waals surface area (Å²) < 4.78 is 12.9. The highest BCUT2D eigenvalue weighted by molar-refractivity contribution is 5.82. The number of halogens is 1. The maximum atomic E-state index is 12.9. The quantitative estimate of drug-likeness (QED) is 0.854. The minimum Gasteiger partial charge on any atom is -0.480 e. The summed E-state index contributed by atoms with van der Waals surface area (Å²) in [6, 6.07) is 4.39. The molecule has 5 nitrogen and oxygen atoms in total. The van der Waals surface area contributed by atoms with Crippen molar-refractivity contribution in [2.45, 2.75) is 19.5 Å². The zero-order valence-electron chi connectivity index (χ0n) is 10.2. The molecule has 0 aliphatic carbocycles. The van der Waals surface area contributed by atoms with Crippen molar-refractivity contribution in [3.05, 3.63) is 35.6 Å². The monoisotopic (exact) mass is 254 g/mol. The number of hydrogen-bond donors (Lipinski definition) is 2. The number of carbonyl (C=O) groups excluding carboxylic acids is 1. The zero-order valence-corrected chi connectivity index (χ0v) is 10.2. The summed E-state index contributed by atoms with van der Waals surface area (Å²) in [6.45, 7) is 1.58. The largest absolute Gasteiger partial charge is 0.480 e. The lowest BCUT2D eigenvalue weighted by molar-refractivity contribution is -0.138. The van der Waals surface area contributed by atoms with E-state index < -0.39 is 18.0 Å². The zero-order chi connectivity index (χ0) is 13.7. The molecule has 0 radical (unpaired) electrons. The van der Waals surface area contributed by atoms with Gasteiger partial charge in [0.25, 0.3) is 0 Å². The van der Waals surface area contributed by atoms with Crippen LogP contribution in [0.3, 0.4) is 0 Å². The van der Waals surface area contributed by atoms with E-state index >= 15 is 0 Å². The highest BCUT2D eigenvalue weighted by Gasteiger charge is 2.16. The molecule has 1 aromatic rings. The van der Waals surface area contributed by atoms with Gasteiger partial charge in [-0.3, -0.25) is 4.79 Å². The third-order valence-corrected chi connectivity index (χ3v) is 2.37. The SMILES string of the molecule is C[C@H](NC(=O)N(C)Cc1cccc(F)c1)C(=O)O. The smallest absolute Gasteiger partial charge is 0.325 e. The molecule has 1 aromatic carbocycles. The van der Waals surface area contributed by atoms with Crippen LogP contribution in [0.5, 0.6) is 0 Å². The van der Waals surface area contributed by atoms with Crippen molar-refractivity contribution < 1.29 is 19.1 Å². The minimum absolute atomic E-state index is 0.204. The van der Waals surface area contributed by atoms with Gasteiger partial charge in [0.15, 0.2) is 0 Å². The predicted molar refractivity (Wildman–Crippen MR) is 63.5 cm³/mol. The molecule has 0 unspecified atom stereocenters. The van der Waals surface area contributed by atoms with Gasteiger partial charge in [0.2, 0.25) is 0 Å². The number of rotatable bonds is 4. The Balaban J connectivity index is 2.57. The Kier molecular flexibility index (Phi) is 4.65. The number of urea groups is 1. The second kappa shape index (κ2) is 6.00.